The van der Waals surface area contributed by atoms with Crippen LogP contribution in [-0.4, -0.2) is 17.1 Å². The normalized spacial score (nSPS) is 10.9. The lowest BCUT2D eigenvalue weighted by Gasteiger charge is -2.07. The van der Waals surface area contributed by atoms with Crippen LogP contribution in [0.15, 0.2) is 36.4 Å². The number of aryl methyl sites for hydroxylation is 1. The van der Waals surface area contributed by atoms with Crippen LogP contribution in [0.1, 0.15) is 5.56 Å². The summed E-state index contributed by atoms with van der Waals surface area (Å²) in [6.45, 7) is 1.82. The van der Waals surface area contributed by atoms with Crippen LogP contribution >= 0.6 is 11.6 Å². The summed E-state index contributed by atoms with van der Waals surface area (Å²) in [7, 11) is 1.58. The Labute approximate surface area is 126 Å². The summed E-state index contributed by atoms with van der Waals surface area (Å²) in [4.78, 5) is 8.71. The van der Waals surface area contributed by atoms with Crippen molar-refractivity contribution in [3.8, 4) is 17.1 Å². The van der Waals surface area contributed by atoms with Gasteiger partial charge in [-0.25, -0.2) is 14.4 Å². The number of hydrogen-bond donors (Lipinski definition) is 0. The second kappa shape index (κ2) is 5.30. The van der Waals surface area contributed by atoms with Gasteiger partial charge in [0, 0.05) is 17.0 Å². The van der Waals surface area contributed by atoms with Gasteiger partial charge in [0.2, 0.25) is 0 Å². The lowest BCUT2D eigenvalue weighted by atomic mass is 10.1. The van der Waals surface area contributed by atoms with Crippen molar-refractivity contribution in [1.29, 1.82) is 0 Å². The number of methoxy groups -OCH3 is 1. The predicted octanol–water partition coefficient (Wildman–Crippen LogP) is 4.41. The second-order valence-corrected chi connectivity index (χ2v) is 5.10. The summed E-state index contributed by atoms with van der Waals surface area (Å²) in [6.07, 6.45) is 0. The van der Waals surface area contributed by atoms with E-state index < -0.39 is 0 Å². The van der Waals surface area contributed by atoms with Crippen LogP contribution in [-0.2, 0) is 0 Å². The molecule has 5 heteroatoms. The van der Waals surface area contributed by atoms with E-state index in [2.05, 4.69) is 9.97 Å². The number of benzene rings is 2. The van der Waals surface area contributed by atoms with Crippen molar-refractivity contribution in [3.05, 3.63) is 52.9 Å². The van der Waals surface area contributed by atoms with E-state index in [1.807, 2.05) is 13.0 Å². The van der Waals surface area contributed by atoms with Gasteiger partial charge >= 0.3 is 0 Å². The Bertz CT molecular complexity index is 816. The molecule has 0 aliphatic rings. The smallest absolute Gasteiger partial charge is 0.161 e. The number of rotatable bonds is 2. The van der Waals surface area contributed by atoms with Crippen LogP contribution in [0.2, 0.25) is 5.15 Å². The van der Waals surface area contributed by atoms with E-state index in [1.165, 1.54) is 12.1 Å². The molecule has 0 radical (unpaired) electrons. The molecule has 0 aliphatic carbocycles. The van der Waals surface area contributed by atoms with E-state index in [1.54, 1.807) is 25.3 Å². The highest BCUT2D eigenvalue weighted by atomic mass is 35.5. The van der Waals surface area contributed by atoms with E-state index in [0.717, 1.165) is 10.9 Å². The molecule has 0 spiro atoms. The molecule has 0 bridgehead atoms. The minimum atomic E-state index is -0.324. The molecule has 0 N–H and O–H groups in total. The van der Waals surface area contributed by atoms with E-state index in [4.69, 9.17) is 16.3 Å². The summed E-state index contributed by atoms with van der Waals surface area (Å²) < 4.78 is 18.7. The fourth-order valence-corrected chi connectivity index (χ4v) is 2.43. The van der Waals surface area contributed by atoms with Crippen molar-refractivity contribution in [3.63, 3.8) is 0 Å². The van der Waals surface area contributed by atoms with Crippen molar-refractivity contribution in [1.82, 2.24) is 9.97 Å². The Balaban J connectivity index is 2.23. The third kappa shape index (κ3) is 2.67. The third-order valence-corrected chi connectivity index (χ3v) is 3.45. The summed E-state index contributed by atoms with van der Waals surface area (Å²) in [6, 6.07) is 10.0. The largest absolute Gasteiger partial charge is 0.497 e. The minimum Gasteiger partial charge on any atom is -0.497 e. The Morgan fingerprint density at radius 1 is 1.10 bits per heavy atom. The molecular formula is C16H12ClFN2O. The molecule has 2 aromatic carbocycles. The molecule has 1 aromatic heterocycles. The average molecular weight is 303 g/mol. The predicted molar refractivity (Wildman–Crippen MR) is 81.2 cm³/mol. The molecule has 3 aromatic rings. The first-order valence-electron chi connectivity index (χ1n) is 6.35. The maximum Gasteiger partial charge on any atom is 0.161 e. The number of ether oxygens (including phenoxy) is 1. The van der Waals surface area contributed by atoms with E-state index in [0.29, 0.717) is 27.8 Å². The van der Waals surface area contributed by atoms with Gasteiger partial charge in [-0.05, 0) is 42.8 Å². The van der Waals surface area contributed by atoms with Crippen molar-refractivity contribution in [2.24, 2.45) is 0 Å². The molecule has 0 amide bonds. The Morgan fingerprint density at radius 2 is 1.90 bits per heavy atom. The molecule has 3 nitrogen and oxygen atoms in total. The summed E-state index contributed by atoms with van der Waals surface area (Å²) in [5.41, 5.74) is 2.06. The Morgan fingerprint density at radius 3 is 2.62 bits per heavy atom. The van der Waals surface area contributed by atoms with Crippen molar-refractivity contribution in [2.75, 3.05) is 7.11 Å². The van der Waals surface area contributed by atoms with Gasteiger partial charge in [0.25, 0.3) is 0 Å². The van der Waals surface area contributed by atoms with E-state index in [-0.39, 0.29) is 5.82 Å². The van der Waals surface area contributed by atoms with Gasteiger partial charge in [0.15, 0.2) is 5.82 Å². The van der Waals surface area contributed by atoms with Crippen LogP contribution in [0, 0.1) is 12.7 Å². The molecule has 3 rings (SSSR count). The fraction of sp³-hybridized carbons (Fsp3) is 0.125. The van der Waals surface area contributed by atoms with E-state index >= 15 is 0 Å². The standard InChI is InChI=1S/C16H12ClFN2O/c1-9-5-10(7-11(18)6-9)16-19-14-8-12(21-2)3-4-13(14)15(17)20-16/h3-8H,1-2H3. The monoisotopic (exact) mass is 302 g/mol. The van der Waals surface area contributed by atoms with Gasteiger partial charge in [0.05, 0.1) is 12.6 Å². The maximum atomic E-state index is 13.5. The molecule has 0 saturated carbocycles. The van der Waals surface area contributed by atoms with Crippen molar-refractivity contribution >= 4 is 22.5 Å². The topological polar surface area (TPSA) is 35.0 Å². The molecule has 106 valence electrons. The van der Waals surface area contributed by atoms with Gasteiger partial charge in [-0.3, -0.25) is 0 Å². The molecule has 0 aliphatic heterocycles. The highest BCUT2D eigenvalue weighted by molar-refractivity contribution is 6.34. The number of fused-ring (bicyclic) bond motifs is 1. The first kappa shape index (κ1) is 13.8. The lowest BCUT2D eigenvalue weighted by Crippen LogP contribution is -1.94. The number of aromatic nitrogens is 2. The third-order valence-electron chi connectivity index (χ3n) is 3.16. The van der Waals surface area contributed by atoms with Crippen LogP contribution in [0.4, 0.5) is 4.39 Å². The highest BCUT2D eigenvalue weighted by Gasteiger charge is 2.10. The van der Waals surface area contributed by atoms with Gasteiger partial charge < -0.3 is 4.74 Å². The quantitative estimate of drug-likeness (QED) is 0.658. The van der Waals surface area contributed by atoms with Crippen LogP contribution in [0.5, 0.6) is 5.75 Å². The molecule has 1 heterocycles. The molecule has 0 unspecified atom stereocenters. The molecule has 0 saturated heterocycles. The van der Waals surface area contributed by atoms with Gasteiger partial charge in [-0.1, -0.05) is 11.6 Å². The van der Waals surface area contributed by atoms with Crippen LogP contribution < -0.4 is 4.74 Å². The maximum absolute atomic E-state index is 13.5. The summed E-state index contributed by atoms with van der Waals surface area (Å²) >= 11 is 6.20. The zero-order valence-corrected chi connectivity index (χ0v) is 12.3. The van der Waals surface area contributed by atoms with E-state index in [9.17, 15) is 4.39 Å². The zero-order chi connectivity index (χ0) is 15.0. The minimum absolute atomic E-state index is 0.324. The van der Waals surface area contributed by atoms with Gasteiger partial charge in [-0.15, -0.1) is 0 Å². The average Bonchev–Trinajstić information content (AvgIpc) is 2.45. The van der Waals surface area contributed by atoms with Crippen LogP contribution in [0.3, 0.4) is 0 Å². The summed E-state index contributed by atoms with van der Waals surface area (Å²) in [5, 5.41) is 1.06. The van der Waals surface area contributed by atoms with Crippen molar-refractivity contribution < 1.29 is 9.13 Å². The van der Waals surface area contributed by atoms with Crippen molar-refractivity contribution in [2.45, 2.75) is 6.92 Å². The highest BCUT2D eigenvalue weighted by Crippen LogP contribution is 2.28. The lowest BCUT2D eigenvalue weighted by molar-refractivity contribution is 0.415. The second-order valence-electron chi connectivity index (χ2n) is 4.74. The summed E-state index contributed by atoms with van der Waals surface area (Å²) in [5.74, 6) is 0.748. The Hall–Kier alpha value is -2.20. The van der Waals surface area contributed by atoms with Gasteiger partial charge in [0.1, 0.15) is 16.7 Å². The molecular weight excluding hydrogens is 291 g/mol. The SMILES string of the molecule is COc1ccc2c(Cl)nc(-c3cc(C)cc(F)c3)nc2c1. The molecule has 0 fully saturated rings. The first-order valence-corrected chi connectivity index (χ1v) is 6.73. The molecule has 21 heavy (non-hydrogen) atoms. The molecule has 0 atom stereocenters. The Kier molecular flexibility index (Phi) is 3.47. The number of hydrogen-bond acceptors (Lipinski definition) is 3. The van der Waals surface area contributed by atoms with Gasteiger partial charge in [-0.2, -0.15) is 0 Å². The fourth-order valence-electron chi connectivity index (χ4n) is 2.19. The zero-order valence-electron chi connectivity index (χ0n) is 11.5. The first-order chi connectivity index (χ1) is 10.1. The number of nitrogens with zero attached hydrogens (tertiary/aromatic N) is 2. The van der Waals surface area contributed by atoms with Crippen LogP contribution in [0.25, 0.3) is 22.3 Å². The number of halogens is 2.